The Bertz CT molecular complexity index is 597. The molecule has 0 heterocycles. The Kier molecular flexibility index (Phi) is 4.06. The molecule has 0 amide bonds. The van der Waals surface area contributed by atoms with Gasteiger partial charge in [-0.1, -0.05) is 24.3 Å². The van der Waals surface area contributed by atoms with E-state index in [-0.39, 0.29) is 5.69 Å². The van der Waals surface area contributed by atoms with Crippen LogP contribution in [0.3, 0.4) is 0 Å². The Hall–Kier alpha value is -2.01. The van der Waals surface area contributed by atoms with Crippen LogP contribution in [0.4, 0.5) is 11.4 Å². The minimum atomic E-state index is -0.393. The summed E-state index contributed by atoms with van der Waals surface area (Å²) in [6, 6.07) is 12.5. The van der Waals surface area contributed by atoms with Gasteiger partial charge in [0.1, 0.15) is 0 Å². The van der Waals surface area contributed by atoms with Crippen molar-refractivity contribution in [3.05, 3.63) is 63.7 Å². The summed E-state index contributed by atoms with van der Waals surface area (Å²) in [6.45, 7) is 1.98. The van der Waals surface area contributed by atoms with Crippen molar-refractivity contribution >= 4 is 23.1 Å². The van der Waals surface area contributed by atoms with Gasteiger partial charge in [0.25, 0.3) is 5.69 Å². The molecule has 98 valence electrons. The van der Waals surface area contributed by atoms with E-state index in [0.29, 0.717) is 0 Å². The number of nitro groups is 1. The first kappa shape index (κ1) is 13.4. The minimum absolute atomic E-state index is 0.115. The molecule has 2 aromatic rings. The van der Waals surface area contributed by atoms with Crippen LogP contribution >= 0.6 is 11.8 Å². The van der Waals surface area contributed by atoms with Crippen molar-refractivity contribution in [2.75, 3.05) is 5.73 Å². The summed E-state index contributed by atoms with van der Waals surface area (Å²) in [5, 5.41) is 10.6. The zero-order valence-corrected chi connectivity index (χ0v) is 11.3. The third kappa shape index (κ3) is 3.26. The van der Waals surface area contributed by atoms with Crippen molar-refractivity contribution in [3.63, 3.8) is 0 Å². The molecule has 0 saturated carbocycles. The smallest absolute Gasteiger partial charge is 0.269 e. The van der Waals surface area contributed by atoms with E-state index < -0.39 is 4.92 Å². The number of nitrogens with zero attached hydrogens (tertiary/aromatic N) is 1. The van der Waals surface area contributed by atoms with E-state index in [2.05, 4.69) is 0 Å². The van der Waals surface area contributed by atoms with Crippen LogP contribution in [-0.4, -0.2) is 4.92 Å². The highest BCUT2D eigenvalue weighted by atomic mass is 32.2. The Morgan fingerprint density at radius 2 is 1.89 bits per heavy atom. The van der Waals surface area contributed by atoms with Gasteiger partial charge < -0.3 is 5.73 Å². The maximum Gasteiger partial charge on any atom is 0.269 e. The summed E-state index contributed by atoms with van der Waals surface area (Å²) < 4.78 is 0. The van der Waals surface area contributed by atoms with Gasteiger partial charge in [-0.05, 0) is 24.1 Å². The molecule has 5 heteroatoms. The fourth-order valence-electron chi connectivity index (χ4n) is 1.65. The van der Waals surface area contributed by atoms with Crippen molar-refractivity contribution < 1.29 is 4.92 Å². The number of aryl methyl sites for hydroxylation is 1. The van der Waals surface area contributed by atoms with E-state index in [4.69, 9.17) is 5.73 Å². The van der Waals surface area contributed by atoms with Gasteiger partial charge in [0.2, 0.25) is 0 Å². The number of para-hydroxylation sites is 1. The van der Waals surface area contributed by atoms with Crippen LogP contribution in [0.2, 0.25) is 0 Å². The van der Waals surface area contributed by atoms with Gasteiger partial charge in [0.15, 0.2) is 0 Å². The normalized spacial score (nSPS) is 10.4. The van der Waals surface area contributed by atoms with E-state index in [1.165, 1.54) is 12.1 Å². The second-order valence-electron chi connectivity index (χ2n) is 4.20. The quantitative estimate of drug-likeness (QED) is 0.399. The summed E-state index contributed by atoms with van der Waals surface area (Å²) in [7, 11) is 0. The molecule has 0 bridgehead atoms. The molecule has 2 N–H and O–H groups in total. The van der Waals surface area contributed by atoms with Crippen LogP contribution in [0.5, 0.6) is 0 Å². The van der Waals surface area contributed by atoms with Gasteiger partial charge in [-0.2, -0.15) is 0 Å². The number of nitro benzene ring substituents is 1. The number of non-ortho nitro benzene ring substituents is 1. The largest absolute Gasteiger partial charge is 0.398 e. The lowest BCUT2D eigenvalue weighted by atomic mass is 10.2. The number of nitrogens with two attached hydrogens (primary N) is 1. The zero-order chi connectivity index (χ0) is 13.8. The van der Waals surface area contributed by atoms with Crippen molar-refractivity contribution in [3.8, 4) is 0 Å². The van der Waals surface area contributed by atoms with Gasteiger partial charge in [-0.15, -0.1) is 11.8 Å². The number of nitrogen functional groups attached to an aromatic ring is 1. The number of rotatable bonds is 4. The van der Waals surface area contributed by atoms with Crippen LogP contribution in [0, 0.1) is 17.0 Å². The van der Waals surface area contributed by atoms with Gasteiger partial charge in [0.05, 0.1) is 4.92 Å². The first-order valence-electron chi connectivity index (χ1n) is 5.79. The van der Waals surface area contributed by atoms with Gasteiger partial charge in [-0.3, -0.25) is 10.1 Å². The molecule has 0 aromatic heterocycles. The molecule has 0 aliphatic heterocycles. The molecule has 0 aliphatic carbocycles. The van der Waals surface area contributed by atoms with Crippen LogP contribution in [-0.2, 0) is 5.75 Å². The van der Waals surface area contributed by atoms with E-state index in [9.17, 15) is 10.1 Å². The average Bonchev–Trinajstić information content (AvgIpc) is 2.41. The van der Waals surface area contributed by atoms with Crippen molar-refractivity contribution in [2.24, 2.45) is 0 Å². The van der Waals surface area contributed by atoms with Crippen molar-refractivity contribution in [1.82, 2.24) is 0 Å². The SMILES string of the molecule is Cc1cccc(SCc2ccc([N+](=O)[O-])cc2)c1N. The molecule has 4 nitrogen and oxygen atoms in total. The Balaban J connectivity index is 2.06. The Morgan fingerprint density at radius 3 is 2.53 bits per heavy atom. The van der Waals surface area contributed by atoms with Gasteiger partial charge in [0, 0.05) is 28.5 Å². The highest BCUT2D eigenvalue weighted by Crippen LogP contribution is 2.30. The number of hydrogen-bond donors (Lipinski definition) is 1. The van der Waals surface area contributed by atoms with Crippen LogP contribution in [0.1, 0.15) is 11.1 Å². The molecule has 0 fully saturated rings. The first-order valence-corrected chi connectivity index (χ1v) is 6.77. The topological polar surface area (TPSA) is 69.2 Å². The van der Waals surface area contributed by atoms with Gasteiger partial charge in [-0.25, -0.2) is 0 Å². The fraction of sp³-hybridized carbons (Fsp3) is 0.143. The molecule has 19 heavy (non-hydrogen) atoms. The summed E-state index contributed by atoms with van der Waals surface area (Å²) >= 11 is 1.63. The first-order chi connectivity index (χ1) is 9.08. The molecular weight excluding hydrogens is 260 g/mol. The molecule has 0 radical (unpaired) electrons. The number of benzene rings is 2. The second kappa shape index (κ2) is 5.75. The van der Waals surface area contributed by atoms with E-state index in [1.807, 2.05) is 25.1 Å². The summed E-state index contributed by atoms with van der Waals surface area (Å²) in [5.41, 5.74) is 9.02. The third-order valence-corrected chi connectivity index (χ3v) is 3.97. The molecule has 0 atom stereocenters. The number of hydrogen-bond acceptors (Lipinski definition) is 4. The van der Waals surface area contributed by atoms with Crippen LogP contribution in [0.15, 0.2) is 47.4 Å². The summed E-state index contributed by atoms with van der Waals surface area (Å²) in [4.78, 5) is 11.2. The van der Waals surface area contributed by atoms with Crippen molar-refractivity contribution in [1.29, 1.82) is 0 Å². The van der Waals surface area contributed by atoms with Gasteiger partial charge >= 0.3 is 0 Å². The molecule has 2 rings (SSSR count). The molecule has 0 aliphatic rings. The summed E-state index contributed by atoms with van der Waals surface area (Å²) in [6.07, 6.45) is 0. The van der Waals surface area contributed by atoms with E-state index in [0.717, 1.165) is 27.5 Å². The van der Waals surface area contributed by atoms with E-state index in [1.54, 1.807) is 23.9 Å². The lowest BCUT2D eigenvalue weighted by molar-refractivity contribution is -0.384. The zero-order valence-electron chi connectivity index (χ0n) is 10.5. The Labute approximate surface area is 115 Å². The molecule has 0 unspecified atom stereocenters. The lowest BCUT2D eigenvalue weighted by Crippen LogP contribution is -1.92. The maximum atomic E-state index is 10.6. The molecule has 0 saturated heterocycles. The number of thioether (sulfide) groups is 1. The minimum Gasteiger partial charge on any atom is -0.398 e. The monoisotopic (exact) mass is 274 g/mol. The predicted octanol–water partition coefficient (Wildman–Crippen LogP) is 3.78. The highest BCUT2D eigenvalue weighted by Gasteiger charge is 2.06. The lowest BCUT2D eigenvalue weighted by Gasteiger charge is -2.07. The predicted molar refractivity (Wildman–Crippen MR) is 78.2 cm³/mol. The third-order valence-electron chi connectivity index (χ3n) is 2.83. The fourth-order valence-corrected chi connectivity index (χ4v) is 2.66. The highest BCUT2D eigenvalue weighted by molar-refractivity contribution is 7.98. The summed E-state index contributed by atoms with van der Waals surface area (Å²) in [5.74, 6) is 0.742. The van der Waals surface area contributed by atoms with E-state index >= 15 is 0 Å². The second-order valence-corrected chi connectivity index (χ2v) is 5.22. The van der Waals surface area contributed by atoms with Crippen LogP contribution in [0.25, 0.3) is 0 Å². The molecule has 2 aromatic carbocycles. The van der Waals surface area contributed by atoms with Crippen LogP contribution < -0.4 is 5.73 Å². The molecular formula is C14H14N2O2S. The maximum absolute atomic E-state index is 10.6. The Morgan fingerprint density at radius 1 is 1.21 bits per heavy atom. The number of anilines is 1. The standard InChI is InChI=1S/C14H14N2O2S/c1-10-3-2-4-13(14(10)15)19-9-11-5-7-12(8-6-11)16(17)18/h2-8H,9,15H2,1H3. The average molecular weight is 274 g/mol. The molecule has 0 spiro atoms. The van der Waals surface area contributed by atoms with Crippen molar-refractivity contribution in [2.45, 2.75) is 17.6 Å².